The molecule has 1 atom stereocenters. The summed E-state index contributed by atoms with van der Waals surface area (Å²) in [5.41, 5.74) is 2.23. The van der Waals surface area contributed by atoms with Crippen LogP contribution in [0.4, 0.5) is 0 Å². The van der Waals surface area contributed by atoms with Crippen LogP contribution in [0.15, 0.2) is 6.07 Å². The number of carbonyl (C=O) groups excluding carboxylic acids is 1. The maximum atomic E-state index is 11.2. The van der Waals surface area contributed by atoms with Gasteiger partial charge in [-0.15, -0.1) is 0 Å². The number of aryl methyl sites for hydroxylation is 3. The number of amides is 1. The first-order chi connectivity index (χ1) is 8.04. The molecule has 96 valence electrons. The van der Waals surface area contributed by atoms with Crippen LogP contribution in [0.1, 0.15) is 24.7 Å². The number of likely N-dealkylation sites (N-methyl/N-ethyl adjacent to an activating group) is 1. The van der Waals surface area contributed by atoms with Gasteiger partial charge in [0.2, 0.25) is 5.91 Å². The number of hydrogen-bond acceptors (Lipinski definition) is 3. The predicted molar refractivity (Wildman–Crippen MR) is 67.8 cm³/mol. The van der Waals surface area contributed by atoms with Crippen LogP contribution < -0.4 is 10.6 Å². The monoisotopic (exact) mass is 238 g/mol. The van der Waals surface area contributed by atoms with Crippen molar-refractivity contribution in [3.8, 4) is 0 Å². The Bertz CT molecular complexity index is 373. The molecule has 0 fully saturated rings. The summed E-state index contributed by atoms with van der Waals surface area (Å²) < 4.78 is 2.00. The molecule has 0 bridgehead atoms. The van der Waals surface area contributed by atoms with Crippen LogP contribution in [-0.2, 0) is 11.3 Å². The van der Waals surface area contributed by atoms with E-state index in [1.165, 1.54) is 5.69 Å². The van der Waals surface area contributed by atoms with Gasteiger partial charge in [0.25, 0.3) is 0 Å². The first-order valence-corrected chi connectivity index (χ1v) is 6.00. The van der Waals surface area contributed by atoms with Crippen molar-refractivity contribution in [2.24, 2.45) is 0 Å². The summed E-state index contributed by atoms with van der Waals surface area (Å²) in [6, 6.07) is 1.93. The third kappa shape index (κ3) is 4.19. The average Bonchev–Trinajstić information content (AvgIpc) is 2.62. The van der Waals surface area contributed by atoms with E-state index in [1.807, 2.05) is 18.5 Å². The van der Waals surface area contributed by atoms with Crippen LogP contribution in [0.2, 0.25) is 0 Å². The summed E-state index contributed by atoms with van der Waals surface area (Å²) in [6.45, 7) is 7.61. The highest BCUT2D eigenvalue weighted by Gasteiger charge is 2.08. The van der Waals surface area contributed by atoms with Crippen LogP contribution >= 0.6 is 0 Å². The number of nitrogens with zero attached hydrogens (tertiary/aromatic N) is 2. The Balaban J connectivity index is 2.25. The van der Waals surface area contributed by atoms with E-state index in [9.17, 15) is 4.79 Å². The van der Waals surface area contributed by atoms with Crippen LogP contribution in [0.25, 0.3) is 0 Å². The van der Waals surface area contributed by atoms with E-state index in [2.05, 4.69) is 28.7 Å². The van der Waals surface area contributed by atoms with Gasteiger partial charge in [-0.05, 0) is 39.8 Å². The number of rotatable bonds is 6. The van der Waals surface area contributed by atoms with Crippen LogP contribution in [0.5, 0.6) is 0 Å². The molecule has 0 saturated carbocycles. The van der Waals surface area contributed by atoms with E-state index >= 15 is 0 Å². The van der Waals surface area contributed by atoms with Crippen LogP contribution in [0.3, 0.4) is 0 Å². The molecule has 2 N–H and O–H groups in total. The Morgan fingerprint density at radius 3 is 2.76 bits per heavy atom. The minimum absolute atomic E-state index is 0.0242. The van der Waals surface area contributed by atoms with E-state index < -0.39 is 0 Å². The standard InChI is InChI=1S/C12H22N4O/c1-9-8-10(2)16(15-9)7-5-6-14-11(3)12(17)13-4/h8,11,14H,5-7H2,1-4H3,(H,13,17). The van der Waals surface area contributed by atoms with Crippen molar-refractivity contribution in [2.75, 3.05) is 13.6 Å². The lowest BCUT2D eigenvalue weighted by molar-refractivity contribution is -0.122. The zero-order valence-corrected chi connectivity index (χ0v) is 11.1. The highest BCUT2D eigenvalue weighted by Crippen LogP contribution is 2.02. The Kier molecular flexibility index (Phi) is 5.15. The minimum Gasteiger partial charge on any atom is -0.358 e. The zero-order chi connectivity index (χ0) is 12.8. The lowest BCUT2D eigenvalue weighted by atomic mass is 10.3. The molecule has 0 aliphatic carbocycles. The summed E-state index contributed by atoms with van der Waals surface area (Å²) in [5, 5.41) is 10.2. The fourth-order valence-corrected chi connectivity index (χ4v) is 1.76. The first kappa shape index (κ1) is 13.7. The van der Waals surface area contributed by atoms with Gasteiger partial charge in [0, 0.05) is 19.3 Å². The van der Waals surface area contributed by atoms with E-state index in [4.69, 9.17) is 0 Å². The SMILES string of the molecule is CNC(=O)C(C)NCCCn1nc(C)cc1C. The molecule has 5 nitrogen and oxygen atoms in total. The molecule has 1 unspecified atom stereocenters. The molecule has 1 heterocycles. The molecule has 1 aromatic heterocycles. The highest BCUT2D eigenvalue weighted by atomic mass is 16.2. The summed E-state index contributed by atoms with van der Waals surface area (Å²) in [5.74, 6) is 0.0242. The van der Waals surface area contributed by atoms with Gasteiger partial charge in [0.15, 0.2) is 0 Å². The highest BCUT2D eigenvalue weighted by molar-refractivity contribution is 5.80. The molecule has 0 aromatic carbocycles. The summed E-state index contributed by atoms with van der Waals surface area (Å²) >= 11 is 0. The Morgan fingerprint density at radius 2 is 2.24 bits per heavy atom. The fraction of sp³-hybridized carbons (Fsp3) is 0.667. The molecule has 17 heavy (non-hydrogen) atoms. The molecule has 5 heteroatoms. The maximum absolute atomic E-state index is 11.2. The second-order valence-electron chi connectivity index (χ2n) is 4.29. The minimum atomic E-state index is -0.138. The van der Waals surface area contributed by atoms with Crippen LogP contribution in [-0.4, -0.2) is 35.3 Å². The van der Waals surface area contributed by atoms with Gasteiger partial charge in [0.1, 0.15) is 0 Å². The van der Waals surface area contributed by atoms with Crippen molar-refractivity contribution in [3.63, 3.8) is 0 Å². The van der Waals surface area contributed by atoms with Crippen molar-refractivity contribution < 1.29 is 4.79 Å². The van der Waals surface area contributed by atoms with Crippen molar-refractivity contribution in [1.29, 1.82) is 0 Å². The lowest BCUT2D eigenvalue weighted by Gasteiger charge is -2.12. The first-order valence-electron chi connectivity index (χ1n) is 6.00. The molecular formula is C12H22N4O. The molecular weight excluding hydrogens is 216 g/mol. The van der Waals surface area contributed by atoms with Crippen molar-refractivity contribution in [2.45, 2.75) is 39.8 Å². The van der Waals surface area contributed by atoms with Gasteiger partial charge >= 0.3 is 0 Å². The van der Waals surface area contributed by atoms with Gasteiger partial charge < -0.3 is 10.6 Å². The fourth-order valence-electron chi connectivity index (χ4n) is 1.76. The Hall–Kier alpha value is -1.36. The molecule has 1 aromatic rings. The smallest absolute Gasteiger partial charge is 0.236 e. The van der Waals surface area contributed by atoms with Gasteiger partial charge in [-0.2, -0.15) is 5.10 Å². The summed E-state index contributed by atoms with van der Waals surface area (Å²) in [7, 11) is 1.65. The van der Waals surface area contributed by atoms with Crippen molar-refractivity contribution >= 4 is 5.91 Å². The molecule has 0 aliphatic heterocycles. The normalized spacial score (nSPS) is 12.5. The number of carbonyl (C=O) groups is 1. The van der Waals surface area contributed by atoms with Crippen molar-refractivity contribution in [1.82, 2.24) is 20.4 Å². The Morgan fingerprint density at radius 1 is 1.53 bits per heavy atom. The van der Waals surface area contributed by atoms with Crippen LogP contribution in [0, 0.1) is 13.8 Å². The third-order valence-electron chi connectivity index (χ3n) is 2.74. The quantitative estimate of drug-likeness (QED) is 0.714. The molecule has 1 rings (SSSR count). The van der Waals surface area contributed by atoms with E-state index in [1.54, 1.807) is 7.05 Å². The van der Waals surface area contributed by atoms with E-state index in [0.717, 1.165) is 25.2 Å². The number of hydrogen-bond donors (Lipinski definition) is 2. The maximum Gasteiger partial charge on any atom is 0.236 e. The Labute approximate surface area is 103 Å². The molecule has 0 spiro atoms. The zero-order valence-electron chi connectivity index (χ0n) is 11.1. The van der Waals surface area contributed by atoms with Gasteiger partial charge in [-0.1, -0.05) is 0 Å². The van der Waals surface area contributed by atoms with E-state index in [-0.39, 0.29) is 11.9 Å². The molecule has 0 radical (unpaired) electrons. The lowest BCUT2D eigenvalue weighted by Crippen LogP contribution is -2.41. The van der Waals surface area contributed by atoms with E-state index in [0.29, 0.717) is 0 Å². The second-order valence-corrected chi connectivity index (χ2v) is 4.29. The number of nitrogens with one attached hydrogen (secondary N) is 2. The van der Waals surface area contributed by atoms with Gasteiger partial charge in [0.05, 0.1) is 11.7 Å². The van der Waals surface area contributed by atoms with Gasteiger partial charge in [-0.3, -0.25) is 9.48 Å². The molecule has 0 aliphatic rings. The molecule has 0 saturated heterocycles. The van der Waals surface area contributed by atoms with Crippen molar-refractivity contribution in [3.05, 3.63) is 17.5 Å². The number of aromatic nitrogens is 2. The van der Waals surface area contributed by atoms with Gasteiger partial charge in [-0.25, -0.2) is 0 Å². The second kappa shape index (κ2) is 6.39. The topological polar surface area (TPSA) is 59.0 Å². The third-order valence-corrected chi connectivity index (χ3v) is 2.74. The predicted octanol–water partition coefficient (Wildman–Crippen LogP) is 0.614. The summed E-state index contributed by atoms with van der Waals surface area (Å²) in [6.07, 6.45) is 0.962. The average molecular weight is 238 g/mol. The summed E-state index contributed by atoms with van der Waals surface area (Å²) in [4.78, 5) is 11.2. The molecule has 1 amide bonds. The largest absolute Gasteiger partial charge is 0.358 e.